The van der Waals surface area contributed by atoms with Crippen LogP contribution in [0.1, 0.15) is 32.8 Å². The third-order valence-corrected chi connectivity index (χ3v) is 4.65. The Bertz CT molecular complexity index is 394. The van der Waals surface area contributed by atoms with Crippen LogP contribution < -0.4 is 15.0 Å². The summed E-state index contributed by atoms with van der Waals surface area (Å²) in [6.07, 6.45) is 1.16. The number of piperazine rings is 1. The fraction of sp³-hybridized carbons (Fsp3) is 0.647. The summed E-state index contributed by atoms with van der Waals surface area (Å²) < 4.78 is 5.88. The van der Waals surface area contributed by atoms with Crippen molar-refractivity contribution in [3.8, 4) is 5.75 Å². The van der Waals surface area contributed by atoms with Crippen molar-refractivity contribution in [3.05, 3.63) is 29.8 Å². The summed E-state index contributed by atoms with van der Waals surface area (Å²) in [5.74, 6) is 1.00. The van der Waals surface area contributed by atoms with Crippen molar-refractivity contribution in [2.24, 2.45) is 0 Å². The molecule has 1 aromatic carbocycles. The predicted octanol–water partition coefficient (Wildman–Crippen LogP) is 0.215. The number of nitrogens with two attached hydrogens (primary N) is 1. The molecule has 0 saturated carbocycles. The molecule has 0 aromatic heterocycles. The number of ether oxygens (including phenoxy) is 1. The van der Waals surface area contributed by atoms with Crippen LogP contribution in [-0.4, -0.2) is 39.3 Å². The summed E-state index contributed by atoms with van der Waals surface area (Å²) in [6.45, 7) is 13.8. The Balaban J connectivity index is 1.79. The summed E-state index contributed by atoms with van der Waals surface area (Å²) in [4.78, 5) is 1.68. The Morgan fingerprint density at radius 2 is 1.80 bits per heavy atom. The molecular weight excluding hydrogens is 248 g/mol. The average Bonchev–Trinajstić information content (AvgIpc) is 2.49. The second-order valence-electron chi connectivity index (χ2n) is 6.48. The molecule has 1 saturated heterocycles. The first-order valence-corrected chi connectivity index (χ1v) is 8.00. The van der Waals surface area contributed by atoms with Crippen LogP contribution in [0.25, 0.3) is 0 Å². The summed E-state index contributed by atoms with van der Waals surface area (Å²) in [5.41, 5.74) is 1.65. The minimum Gasteiger partial charge on any atom is -0.488 e. The number of hydrogen-bond donors (Lipinski definition) is 2. The van der Waals surface area contributed by atoms with Gasteiger partial charge in [-0.2, -0.15) is 0 Å². The molecule has 0 radical (unpaired) electrons. The van der Waals surface area contributed by atoms with Crippen LogP contribution in [0.2, 0.25) is 0 Å². The summed E-state index contributed by atoms with van der Waals surface area (Å²) in [6, 6.07) is 8.65. The smallest absolute Gasteiger partial charge is 0.137 e. The zero-order chi connectivity index (χ0) is 14.4. The molecule has 112 valence electrons. The molecule has 0 aliphatic carbocycles. The van der Waals surface area contributed by atoms with Crippen LogP contribution in [0.4, 0.5) is 0 Å². The highest BCUT2D eigenvalue weighted by atomic mass is 16.5. The highest BCUT2D eigenvalue weighted by Crippen LogP contribution is 2.27. The lowest BCUT2D eigenvalue weighted by atomic mass is 9.82. The van der Waals surface area contributed by atoms with Gasteiger partial charge in [0, 0.05) is 0 Å². The average molecular weight is 278 g/mol. The number of rotatable bonds is 6. The highest BCUT2D eigenvalue weighted by Gasteiger charge is 2.18. The van der Waals surface area contributed by atoms with Crippen LogP contribution in [0.5, 0.6) is 5.75 Å². The molecule has 1 heterocycles. The normalized spacial score (nSPS) is 17.1. The van der Waals surface area contributed by atoms with Crippen molar-refractivity contribution < 1.29 is 15.0 Å². The van der Waals surface area contributed by atoms with Crippen molar-refractivity contribution in [2.45, 2.75) is 32.6 Å². The standard InChI is InChI=1S/C17H28N2O/c1-4-17(2,3)15-5-7-16(8-6-15)20-14-13-19-11-9-18-10-12-19/h5-8,18H,4,9-14H2,1-3H3/p+2. The number of nitrogens with one attached hydrogen (secondary N) is 1. The van der Waals surface area contributed by atoms with E-state index in [9.17, 15) is 0 Å². The van der Waals surface area contributed by atoms with Gasteiger partial charge in [-0.1, -0.05) is 32.9 Å². The summed E-state index contributed by atoms with van der Waals surface area (Å²) >= 11 is 0. The number of hydrogen-bond acceptors (Lipinski definition) is 1. The molecule has 0 bridgehead atoms. The Morgan fingerprint density at radius 3 is 2.40 bits per heavy atom. The van der Waals surface area contributed by atoms with Crippen LogP contribution in [0.3, 0.4) is 0 Å². The van der Waals surface area contributed by atoms with E-state index in [-0.39, 0.29) is 5.41 Å². The lowest BCUT2D eigenvalue weighted by molar-refractivity contribution is -0.946. The zero-order valence-corrected chi connectivity index (χ0v) is 13.2. The number of benzene rings is 1. The van der Waals surface area contributed by atoms with E-state index in [0.29, 0.717) is 0 Å². The molecule has 0 spiro atoms. The van der Waals surface area contributed by atoms with Gasteiger partial charge in [0.25, 0.3) is 0 Å². The molecule has 1 aliphatic heterocycles. The van der Waals surface area contributed by atoms with Crippen molar-refractivity contribution >= 4 is 0 Å². The Hall–Kier alpha value is -1.06. The van der Waals surface area contributed by atoms with Gasteiger partial charge in [0.1, 0.15) is 45.1 Å². The van der Waals surface area contributed by atoms with Gasteiger partial charge < -0.3 is 15.0 Å². The monoisotopic (exact) mass is 278 g/mol. The molecule has 3 heteroatoms. The predicted molar refractivity (Wildman–Crippen MR) is 82.5 cm³/mol. The SMILES string of the molecule is CCC(C)(C)c1ccc(OCC[NH+]2CC[NH2+]CC2)cc1. The fourth-order valence-corrected chi connectivity index (χ4v) is 2.65. The maximum atomic E-state index is 5.88. The Labute approximate surface area is 123 Å². The van der Waals surface area contributed by atoms with E-state index >= 15 is 0 Å². The molecule has 20 heavy (non-hydrogen) atoms. The van der Waals surface area contributed by atoms with Gasteiger partial charge in [0.2, 0.25) is 0 Å². The van der Waals surface area contributed by atoms with Gasteiger partial charge in [0.05, 0.1) is 0 Å². The molecule has 3 N–H and O–H groups in total. The lowest BCUT2D eigenvalue weighted by Crippen LogP contribution is -3.20. The van der Waals surface area contributed by atoms with E-state index < -0.39 is 0 Å². The van der Waals surface area contributed by atoms with Crippen LogP contribution in [0.15, 0.2) is 24.3 Å². The van der Waals surface area contributed by atoms with E-state index in [1.165, 1.54) is 31.7 Å². The molecule has 0 atom stereocenters. The van der Waals surface area contributed by atoms with Crippen LogP contribution in [0, 0.1) is 0 Å². The Kier molecular flexibility index (Phi) is 5.44. The Morgan fingerprint density at radius 1 is 1.15 bits per heavy atom. The number of quaternary nitrogens is 2. The highest BCUT2D eigenvalue weighted by molar-refractivity contribution is 5.31. The molecule has 0 amide bonds. The molecule has 1 aromatic rings. The van der Waals surface area contributed by atoms with Crippen molar-refractivity contribution in [2.75, 3.05) is 39.3 Å². The van der Waals surface area contributed by atoms with Gasteiger partial charge in [-0.15, -0.1) is 0 Å². The van der Waals surface area contributed by atoms with Gasteiger partial charge in [-0.05, 0) is 29.5 Å². The summed E-state index contributed by atoms with van der Waals surface area (Å²) in [7, 11) is 0. The van der Waals surface area contributed by atoms with Gasteiger partial charge in [-0.25, -0.2) is 0 Å². The van der Waals surface area contributed by atoms with E-state index in [1.54, 1.807) is 4.90 Å². The molecular formula is C17H30N2O+2. The van der Waals surface area contributed by atoms with Crippen LogP contribution >= 0.6 is 0 Å². The van der Waals surface area contributed by atoms with Crippen LogP contribution in [-0.2, 0) is 5.41 Å². The molecule has 1 fully saturated rings. The molecule has 0 unspecified atom stereocenters. The minimum absolute atomic E-state index is 0.257. The van der Waals surface area contributed by atoms with Gasteiger partial charge in [-0.3, -0.25) is 0 Å². The lowest BCUT2D eigenvalue weighted by Gasteiger charge is -2.24. The van der Waals surface area contributed by atoms with Gasteiger partial charge >= 0.3 is 0 Å². The fourth-order valence-electron chi connectivity index (χ4n) is 2.65. The van der Waals surface area contributed by atoms with Crippen molar-refractivity contribution in [1.82, 2.24) is 0 Å². The quantitative estimate of drug-likeness (QED) is 0.766. The molecule has 2 rings (SSSR count). The van der Waals surface area contributed by atoms with E-state index in [2.05, 4.69) is 50.4 Å². The largest absolute Gasteiger partial charge is 0.488 e. The second kappa shape index (κ2) is 7.09. The first kappa shape index (κ1) is 15.3. The third kappa shape index (κ3) is 4.22. The first-order chi connectivity index (χ1) is 9.62. The summed E-state index contributed by atoms with van der Waals surface area (Å²) in [5, 5.41) is 2.40. The van der Waals surface area contributed by atoms with E-state index in [1.807, 2.05) is 0 Å². The molecule has 3 nitrogen and oxygen atoms in total. The second-order valence-corrected chi connectivity index (χ2v) is 6.48. The zero-order valence-electron chi connectivity index (χ0n) is 13.2. The topological polar surface area (TPSA) is 30.3 Å². The van der Waals surface area contributed by atoms with Crippen molar-refractivity contribution in [3.63, 3.8) is 0 Å². The maximum absolute atomic E-state index is 5.88. The van der Waals surface area contributed by atoms with Gasteiger partial charge in [0.15, 0.2) is 0 Å². The van der Waals surface area contributed by atoms with E-state index in [0.717, 1.165) is 25.3 Å². The van der Waals surface area contributed by atoms with Crippen molar-refractivity contribution in [1.29, 1.82) is 0 Å². The maximum Gasteiger partial charge on any atom is 0.137 e. The van der Waals surface area contributed by atoms with E-state index in [4.69, 9.17) is 4.74 Å². The molecule has 1 aliphatic rings. The first-order valence-electron chi connectivity index (χ1n) is 8.00. The third-order valence-electron chi connectivity index (χ3n) is 4.65. The minimum atomic E-state index is 0.257.